The van der Waals surface area contributed by atoms with Crippen LogP contribution in [0.4, 0.5) is 0 Å². The van der Waals surface area contributed by atoms with Gasteiger partial charge < -0.3 is 0 Å². The minimum Gasteiger partial charge on any atom is -0.192 e. The zero-order valence-corrected chi connectivity index (χ0v) is 7.49. The second kappa shape index (κ2) is 2.74. The molecular weight excluding hydrogens is 192 g/mol. The van der Waals surface area contributed by atoms with Gasteiger partial charge in [-0.1, -0.05) is 23.7 Å². The van der Waals surface area contributed by atoms with Crippen LogP contribution in [0.15, 0.2) is 18.2 Å². The molecule has 2 aromatic rings. The average Bonchev–Trinajstić information content (AvgIpc) is 2.48. The second-order valence-electron chi connectivity index (χ2n) is 2.27. The molecule has 4 heteroatoms. The van der Waals surface area contributed by atoms with Crippen molar-refractivity contribution in [1.82, 2.24) is 4.37 Å². The first-order valence-electron chi connectivity index (χ1n) is 3.27. The van der Waals surface area contributed by atoms with E-state index in [1.54, 1.807) is 12.1 Å². The highest BCUT2D eigenvalue weighted by molar-refractivity contribution is 7.14. The summed E-state index contributed by atoms with van der Waals surface area (Å²) in [5.41, 5.74) is 0.636. The molecule has 0 saturated heterocycles. The lowest BCUT2D eigenvalue weighted by molar-refractivity contribution is 1.51. The van der Waals surface area contributed by atoms with E-state index in [0.717, 1.165) is 10.1 Å². The van der Waals surface area contributed by atoms with Crippen LogP contribution >= 0.6 is 23.1 Å². The van der Waals surface area contributed by atoms with Crippen LogP contribution in [0.25, 0.3) is 10.1 Å². The van der Waals surface area contributed by atoms with Crippen LogP contribution < -0.4 is 0 Å². The summed E-state index contributed by atoms with van der Waals surface area (Å²) in [4.78, 5) is 0. The first-order valence-corrected chi connectivity index (χ1v) is 4.42. The summed E-state index contributed by atoms with van der Waals surface area (Å²) in [6.07, 6.45) is 0. The predicted octanol–water partition coefficient (Wildman–Crippen LogP) is 2.82. The van der Waals surface area contributed by atoms with Gasteiger partial charge in [0.25, 0.3) is 0 Å². The minimum absolute atomic E-state index is 0.479. The van der Waals surface area contributed by atoms with Crippen LogP contribution in [0, 0.1) is 11.3 Å². The smallest absolute Gasteiger partial charge is 0.150 e. The summed E-state index contributed by atoms with van der Waals surface area (Å²) in [7, 11) is 0. The second-order valence-corrected chi connectivity index (χ2v) is 3.40. The van der Waals surface area contributed by atoms with Crippen molar-refractivity contribution in [2.45, 2.75) is 0 Å². The van der Waals surface area contributed by atoms with Crippen molar-refractivity contribution >= 4 is 33.2 Å². The van der Waals surface area contributed by atoms with E-state index in [1.807, 2.05) is 6.07 Å². The van der Waals surface area contributed by atoms with E-state index in [1.165, 1.54) is 11.5 Å². The lowest BCUT2D eigenvalue weighted by atomic mass is 10.2. The van der Waals surface area contributed by atoms with Gasteiger partial charge in [0.2, 0.25) is 0 Å². The van der Waals surface area contributed by atoms with Crippen molar-refractivity contribution in [1.29, 1.82) is 5.26 Å². The maximum absolute atomic E-state index is 8.73. The Bertz CT molecular complexity index is 469. The summed E-state index contributed by atoms with van der Waals surface area (Å²) in [5, 5.41) is 10.1. The number of halogens is 1. The molecule has 0 aliphatic rings. The van der Waals surface area contributed by atoms with Gasteiger partial charge in [-0.15, -0.1) is 0 Å². The van der Waals surface area contributed by atoms with Crippen molar-refractivity contribution in [3.05, 3.63) is 28.9 Å². The van der Waals surface area contributed by atoms with E-state index in [4.69, 9.17) is 16.9 Å². The predicted molar refractivity (Wildman–Crippen MR) is 49.3 cm³/mol. The number of benzene rings is 1. The molecule has 0 aliphatic carbocycles. The van der Waals surface area contributed by atoms with Gasteiger partial charge in [-0.3, -0.25) is 0 Å². The topological polar surface area (TPSA) is 36.7 Å². The Morgan fingerprint density at radius 3 is 3.08 bits per heavy atom. The lowest BCUT2D eigenvalue weighted by Crippen LogP contribution is -1.71. The Morgan fingerprint density at radius 1 is 1.50 bits per heavy atom. The molecule has 1 aromatic heterocycles. The molecule has 0 spiro atoms. The summed E-state index contributed by atoms with van der Waals surface area (Å²) in [6.45, 7) is 0. The molecule has 0 amide bonds. The molecule has 1 heterocycles. The number of fused-ring (bicyclic) bond motifs is 1. The van der Waals surface area contributed by atoms with Crippen LogP contribution in [0.5, 0.6) is 0 Å². The highest BCUT2D eigenvalue weighted by Crippen LogP contribution is 2.28. The van der Waals surface area contributed by atoms with Gasteiger partial charge in [0.05, 0.1) is 10.3 Å². The highest BCUT2D eigenvalue weighted by atomic mass is 35.5. The Morgan fingerprint density at radius 2 is 2.33 bits per heavy atom. The molecule has 0 unspecified atom stereocenters. The molecular formula is C8H3ClN2S. The van der Waals surface area contributed by atoms with Gasteiger partial charge in [0.1, 0.15) is 6.07 Å². The summed E-state index contributed by atoms with van der Waals surface area (Å²) >= 11 is 7.05. The van der Waals surface area contributed by atoms with E-state index in [9.17, 15) is 0 Å². The quantitative estimate of drug-likeness (QED) is 0.647. The van der Waals surface area contributed by atoms with Gasteiger partial charge in [-0.25, -0.2) is 0 Å². The van der Waals surface area contributed by atoms with E-state index in [-0.39, 0.29) is 0 Å². The molecule has 0 atom stereocenters. The summed E-state index contributed by atoms with van der Waals surface area (Å²) < 4.78 is 4.83. The third kappa shape index (κ3) is 0.970. The third-order valence-corrected chi connectivity index (χ3v) is 2.86. The van der Waals surface area contributed by atoms with E-state index in [0.29, 0.717) is 10.7 Å². The Kier molecular flexibility index (Phi) is 1.72. The van der Waals surface area contributed by atoms with Crippen LogP contribution in [0.3, 0.4) is 0 Å². The van der Waals surface area contributed by atoms with Crippen LogP contribution in [-0.4, -0.2) is 4.37 Å². The normalized spacial score (nSPS) is 10.0. The first kappa shape index (κ1) is 7.53. The fourth-order valence-electron chi connectivity index (χ4n) is 1.02. The highest BCUT2D eigenvalue weighted by Gasteiger charge is 2.06. The van der Waals surface area contributed by atoms with Crippen LogP contribution in [0.2, 0.25) is 5.15 Å². The Balaban J connectivity index is 2.92. The van der Waals surface area contributed by atoms with E-state index >= 15 is 0 Å². The van der Waals surface area contributed by atoms with Gasteiger partial charge in [-0.2, -0.15) is 9.64 Å². The molecule has 12 heavy (non-hydrogen) atoms. The van der Waals surface area contributed by atoms with Crippen molar-refractivity contribution in [2.75, 3.05) is 0 Å². The number of hydrogen-bond acceptors (Lipinski definition) is 3. The third-order valence-electron chi connectivity index (χ3n) is 1.57. The van der Waals surface area contributed by atoms with Crippen molar-refractivity contribution in [2.24, 2.45) is 0 Å². The number of aromatic nitrogens is 1. The minimum atomic E-state index is 0.479. The number of rotatable bonds is 0. The standard InChI is InChI=1S/C8H3ClN2S/c9-8-6-3-1-2-5(4-10)7(6)12-11-8/h1-3H. The zero-order valence-electron chi connectivity index (χ0n) is 5.91. The molecule has 58 valence electrons. The molecule has 2 nitrogen and oxygen atoms in total. The molecule has 0 fully saturated rings. The van der Waals surface area contributed by atoms with Gasteiger partial charge in [0.15, 0.2) is 5.15 Å². The molecule has 0 N–H and O–H groups in total. The van der Waals surface area contributed by atoms with E-state index in [2.05, 4.69) is 10.4 Å². The number of hydrogen-bond donors (Lipinski definition) is 0. The molecule has 0 saturated carbocycles. The Hall–Kier alpha value is -1.11. The maximum atomic E-state index is 8.73. The van der Waals surface area contributed by atoms with Gasteiger partial charge in [-0.05, 0) is 17.6 Å². The monoisotopic (exact) mass is 194 g/mol. The van der Waals surface area contributed by atoms with Crippen molar-refractivity contribution in [3.8, 4) is 6.07 Å². The van der Waals surface area contributed by atoms with Crippen molar-refractivity contribution in [3.63, 3.8) is 0 Å². The SMILES string of the molecule is N#Cc1cccc2c(Cl)nsc12. The summed E-state index contributed by atoms with van der Waals surface area (Å²) in [5.74, 6) is 0. The number of nitrogens with zero attached hydrogens (tertiary/aromatic N) is 2. The Labute approximate surface area is 78.2 Å². The lowest BCUT2D eigenvalue weighted by Gasteiger charge is -1.89. The van der Waals surface area contributed by atoms with Crippen molar-refractivity contribution < 1.29 is 0 Å². The molecule has 1 aromatic carbocycles. The fourth-order valence-corrected chi connectivity index (χ4v) is 2.08. The van der Waals surface area contributed by atoms with E-state index < -0.39 is 0 Å². The molecule has 0 radical (unpaired) electrons. The molecule has 2 rings (SSSR count). The fraction of sp³-hybridized carbons (Fsp3) is 0. The van der Waals surface area contributed by atoms with Crippen LogP contribution in [-0.2, 0) is 0 Å². The molecule has 0 aliphatic heterocycles. The largest absolute Gasteiger partial charge is 0.192 e. The van der Waals surface area contributed by atoms with Crippen LogP contribution in [0.1, 0.15) is 5.56 Å². The zero-order chi connectivity index (χ0) is 8.55. The van der Waals surface area contributed by atoms with Gasteiger partial charge in [0, 0.05) is 5.39 Å². The van der Waals surface area contributed by atoms with Gasteiger partial charge >= 0.3 is 0 Å². The molecule has 0 bridgehead atoms. The summed E-state index contributed by atoms with van der Waals surface area (Å²) in [6, 6.07) is 7.53. The number of nitriles is 1. The maximum Gasteiger partial charge on any atom is 0.150 e. The average molecular weight is 195 g/mol. The first-order chi connectivity index (χ1) is 5.83.